The van der Waals surface area contributed by atoms with Crippen molar-refractivity contribution in [1.29, 1.82) is 0 Å². The Balaban J connectivity index is 1.64. The predicted molar refractivity (Wildman–Crippen MR) is 179 cm³/mol. The summed E-state index contributed by atoms with van der Waals surface area (Å²) in [6, 6.07) is 8.78. The molecule has 1 aromatic rings. The van der Waals surface area contributed by atoms with Crippen LogP contribution in [0.1, 0.15) is 72.7 Å². The maximum absolute atomic E-state index is 15.2. The van der Waals surface area contributed by atoms with Crippen LogP contribution in [0.5, 0.6) is 0 Å². The first-order chi connectivity index (χ1) is 23.4. The van der Waals surface area contributed by atoms with E-state index in [0.29, 0.717) is 11.1 Å². The molecule has 1 heterocycles. The number of benzene rings is 1. The minimum atomic E-state index is -1.69. The van der Waals surface area contributed by atoms with E-state index >= 15 is 4.79 Å². The van der Waals surface area contributed by atoms with Crippen LogP contribution in [0, 0.1) is 28.1 Å². The Morgan fingerprint density at radius 3 is 2.34 bits per heavy atom. The Morgan fingerprint density at radius 1 is 1.12 bits per heavy atom. The monoisotopic (exact) mass is 697 g/mol. The number of ketones is 1. The molecule has 3 fully saturated rings. The zero-order valence-corrected chi connectivity index (χ0v) is 29.8. The van der Waals surface area contributed by atoms with E-state index in [4.69, 9.17) is 24.7 Å². The highest BCUT2D eigenvalue weighted by Gasteiger charge is 2.74. The summed E-state index contributed by atoms with van der Waals surface area (Å²) in [5.74, 6) is -5.12. The van der Waals surface area contributed by atoms with E-state index in [1.807, 2.05) is 19.3 Å². The smallest absolute Gasteiger partial charge is 0.335 e. The first-order valence-corrected chi connectivity index (χ1v) is 17.2. The molecule has 4 aliphatic rings. The third kappa shape index (κ3) is 5.91. The molecule has 0 amide bonds. The van der Waals surface area contributed by atoms with Gasteiger partial charge in [0.25, 0.3) is 0 Å². The number of esters is 3. The Kier molecular flexibility index (Phi) is 10.5. The third-order valence-corrected chi connectivity index (χ3v) is 12.4. The van der Waals surface area contributed by atoms with E-state index in [2.05, 4.69) is 0 Å². The summed E-state index contributed by atoms with van der Waals surface area (Å²) in [6.07, 6.45) is -5.64. The third-order valence-electron chi connectivity index (χ3n) is 12.4. The van der Waals surface area contributed by atoms with Crippen molar-refractivity contribution in [3.05, 3.63) is 47.0 Å². The predicted octanol–water partition coefficient (Wildman–Crippen LogP) is 1.57. The van der Waals surface area contributed by atoms with Crippen molar-refractivity contribution >= 4 is 31.0 Å². The van der Waals surface area contributed by atoms with Crippen LogP contribution in [-0.4, -0.2) is 102 Å². The molecular weight excluding hydrogens is 647 g/mol. The number of nitrogens with one attached hydrogen (secondary N) is 1. The SMILES string of the molecule is CC(=O)O[C@H]1C(=O)[C@]2(C)[C@@H](OC(=O)CN)C[C@H]3OC[C@@]3(C)[C@H]2[C@H](C)[C@]2(O)C[C@H](OC(=O)[C@H](O)[C@@H]([B]CNO)c3ccccc3)C(C)=C1C2(C)C. The number of Topliss-reactive ketones (excluding diaryl/α,β-unsaturated/α-hetero) is 1. The molecule has 2 saturated carbocycles. The van der Waals surface area contributed by atoms with E-state index in [-0.39, 0.29) is 31.5 Å². The molecular formula is C36H50BN2O11. The van der Waals surface area contributed by atoms with Gasteiger partial charge in [-0.2, -0.15) is 0 Å². The average molecular weight is 698 g/mol. The summed E-state index contributed by atoms with van der Waals surface area (Å²) in [7, 11) is 1.54. The number of hydrogen-bond donors (Lipinski definition) is 5. The summed E-state index contributed by atoms with van der Waals surface area (Å²) < 4.78 is 23.8. The topological polar surface area (TPSA) is 204 Å². The molecule has 50 heavy (non-hydrogen) atoms. The molecule has 1 saturated heterocycles. The van der Waals surface area contributed by atoms with Crippen LogP contribution in [0.3, 0.4) is 0 Å². The van der Waals surface area contributed by atoms with E-state index in [1.54, 1.807) is 65.3 Å². The number of ether oxygens (including phenoxy) is 4. The molecule has 0 unspecified atom stereocenters. The number of carbonyl (C=O) groups excluding carboxylic acids is 4. The molecule has 6 N–H and O–H groups in total. The Morgan fingerprint density at radius 2 is 1.78 bits per heavy atom. The molecule has 1 aliphatic heterocycles. The standard InChI is InChI=1S/C36H50BN2O11/c1-18-22(49-32(44)28(42)27(37-17-39-46)21-11-9-8-10-12-21)14-36(45)19(2)30-34(6)16-47-23(34)13-24(50-25(41)15-38)35(30,7)31(43)29(48-20(3)40)26(18)33(36,4)5/h8-12,19,22-24,27-30,39,42,45-46H,13-17,38H2,1-7H3/t19-,22-,23+,24-,27-,28+,29+,30+,34+,35+,36+/m0/s1. The molecule has 5 rings (SSSR count). The molecule has 3 aliphatic carbocycles. The summed E-state index contributed by atoms with van der Waals surface area (Å²) in [5, 5.41) is 33.7. The van der Waals surface area contributed by atoms with Crippen molar-refractivity contribution in [2.24, 2.45) is 33.8 Å². The van der Waals surface area contributed by atoms with E-state index in [0.717, 1.165) is 0 Å². The second kappa shape index (κ2) is 13.8. The van der Waals surface area contributed by atoms with Gasteiger partial charge in [0.15, 0.2) is 18.0 Å². The number of aliphatic hydroxyl groups excluding tert-OH is 1. The van der Waals surface area contributed by atoms with E-state index in [1.165, 1.54) is 6.92 Å². The van der Waals surface area contributed by atoms with Crippen LogP contribution in [0.2, 0.25) is 0 Å². The van der Waals surface area contributed by atoms with E-state index in [9.17, 15) is 29.8 Å². The number of carbonyl (C=O) groups is 4. The lowest BCUT2D eigenvalue weighted by Crippen LogP contribution is -2.75. The maximum Gasteiger partial charge on any atom is 0.335 e. The highest BCUT2D eigenvalue weighted by atomic mass is 16.6. The minimum absolute atomic E-state index is 0.0285. The first-order valence-electron chi connectivity index (χ1n) is 17.2. The van der Waals surface area contributed by atoms with Crippen LogP contribution >= 0.6 is 0 Å². The molecule has 11 atom stereocenters. The van der Waals surface area contributed by atoms with Crippen LogP contribution in [0.25, 0.3) is 0 Å². The van der Waals surface area contributed by atoms with Crippen LogP contribution in [-0.2, 0) is 38.1 Å². The zero-order chi connectivity index (χ0) is 37.0. The van der Waals surface area contributed by atoms with Gasteiger partial charge in [-0.25, -0.2) is 10.3 Å². The lowest BCUT2D eigenvalue weighted by molar-refractivity contribution is -0.304. The number of aliphatic hydroxyl groups is 2. The van der Waals surface area contributed by atoms with Gasteiger partial charge in [0.2, 0.25) is 0 Å². The van der Waals surface area contributed by atoms with Gasteiger partial charge < -0.3 is 40.1 Å². The fourth-order valence-electron chi connectivity index (χ4n) is 9.83. The van der Waals surface area contributed by atoms with Crippen molar-refractivity contribution < 1.29 is 53.5 Å². The minimum Gasteiger partial charge on any atom is -0.460 e. The van der Waals surface area contributed by atoms with Gasteiger partial charge in [0, 0.05) is 30.6 Å². The summed E-state index contributed by atoms with van der Waals surface area (Å²) in [6.45, 7) is 11.9. The summed E-state index contributed by atoms with van der Waals surface area (Å²) in [4.78, 5) is 54.4. The normalized spacial score (nSPS) is 37.1. The Labute approximate surface area is 293 Å². The number of hydrogen-bond acceptors (Lipinski definition) is 13. The molecule has 14 heteroatoms. The second-order valence-corrected chi connectivity index (χ2v) is 15.4. The zero-order valence-electron chi connectivity index (χ0n) is 29.8. The lowest BCUT2D eigenvalue weighted by Gasteiger charge is -2.68. The summed E-state index contributed by atoms with van der Waals surface area (Å²) >= 11 is 0. The van der Waals surface area contributed by atoms with Crippen LogP contribution in [0.15, 0.2) is 41.5 Å². The van der Waals surface area contributed by atoms with Crippen molar-refractivity contribution in [2.45, 2.75) is 103 Å². The summed E-state index contributed by atoms with van der Waals surface area (Å²) in [5.41, 5.74) is 3.96. The number of rotatable bonds is 10. The van der Waals surface area contributed by atoms with Gasteiger partial charge in [-0.1, -0.05) is 58.0 Å². The van der Waals surface area contributed by atoms with Gasteiger partial charge in [-0.05, 0) is 54.7 Å². The van der Waals surface area contributed by atoms with Crippen molar-refractivity contribution in [2.75, 3.05) is 19.6 Å². The first kappa shape index (κ1) is 38.1. The maximum atomic E-state index is 15.2. The number of hydroxylamine groups is 1. The van der Waals surface area contributed by atoms with E-state index < -0.39 is 100 Å². The number of nitrogens with two attached hydrogens (primary N) is 1. The molecule has 2 bridgehead atoms. The van der Waals surface area contributed by atoms with Crippen LogP contribution in [0.4, 0.5) is 0 Å². The van der Waals surface area contributed by atoms with Crippen molar-refractivity contribution in [3.63, 3.8) is 0 Å². The highest BCUT2D eigenvalue weighted by molar-refractivity contribution is 6.39. The van der Waals surface area contributed by atoms with Gasteiger partial charge in [-0.15, -0.1) is 0 Å². The molecule has 13 nitrogen and oxygen atoms in total. The fourth-order valence-corrected chi connectivity index (χ4v) is 9.83. The number of fused-ring (bicyclic) bond motifs is 5. The Hall–Kier alpha value is -3.14. The Bertz CT molecular complexity index is 1540. The van der Waals surface area contributed by atoms with Gasteiger partial charge in [0.1, 0.15) is 19.5 Å². The molecule has 1 aromatic carbocycles. The highest BCUT2D eigenvalue weighted by Crippen LogP contribution is 2.67. The average Bonchev–Trinajstić information content (AvgIpc) is 3.06. The van der Waals surface area contributed by atoms with Crippen molar-refractivity contribution in [1.82, 2.24) is 5.48 Å². The molecule has 0 spiro atoms. The molecule has 0 aromatic heterocycles. The van der Waals surface area contributed by atoms with Gasteiger partial charge >= 0.3 is 17.9 Å². The van der Waals surface area contributed by atoms with Crippen LogP contribution < -0.4 is 11.2 Å². The van der Waals surface area contributed by atoms with Gasteiger partial charge in [0.05, 0.1) is 30.3 Å². The molecule has 273 valence electrons. The lowest BCUT2D eigenvalue weighted by atomic mass is 9.40. The van der Waals surface area contributed by atoms with Crippen molar-refractivity contribution in [3.8, 4) is 0 Å². The largest absolute Gasteiger partial charge is 0.460 e. The second-order valence-electron chi connectivity index (χ2n) is 15.4. The van der Waals surface area contributed by atoms with Gasteiger partial charge in [-0.3, -0.25) is 14.4 Å². The molecule has 1 radical (unpaired) electrons. The quantitative estimate of drug-likeness (QED) is 0.0776. The fraction of sp³-hybridized carbons (Fsp3) is 0.667.